The Morgan fingerprint density at radius 1 is 1.13 bits per heavy atom. The fourth-order valence-electron chi connectivity index (χ4n) is 5.19. The molecule has 0 unspecified atom stereocenters. The van der Waals surface area contributed by atoms with Gasteiger partial charge < -0.3 is 15.3 Å². The highest BCUT2D eigenvalue weighted by Gasteiger charge is 2.41. The third-order valence-corrected chi connectivity index (χ3v) is 6.79. The average Bonchev–Trinajstić information content (AvgIpc) is 3.12. The van der Waals surface area contributed by atoms with Crippen molar-refractivity contribution in [2.24, 2.45) is 11.8 Å². The van der Waals surface area contributed by atoms with Crippen LogP contribution in [0.4, 0.5) is 0 Å². The molecule has 4 atom stereocenters. The summed E-state index contributed by atoms with van der Waals surface area (Å²) in [6, 6.07) is 10.1. The number of piperidine rings is 1. The monoisotopic (exact) mass is 411 g/mol. The number of benzene rings is 1. The van der Waals surface area contributed by atoms with Crippen LogP contribution in [0.5, 0.6) is 0 Å². The summed E-state index contributed by atoms with van der Waals surface area (Å²) in [6.07, 6.45) is 7.81. The van der Waals surface area contributed by atoms with Crippen molar-refractivity contribution < 1.29 is 14.7 Å². The molecule has 2 aliphatic heterocycles. The Hall–Kier alpha value is -2.18. The normalized spacial score (nSPS) is 29.9. The van der Waals surface area contributed by atoms with E-state index in [1.54, 1.807) is 4.90 Å². The van der Waals surface area contributed by atoms with Gasteiger partial charge in [0.1, 0.15) is 0 Å². The van der Waals surface area contributed by atoms with E-state index in [9.17, 15) is 14.7 Å². The van der Waals surface area contributed by atoms with Gasteiger partial charge in [-0.1, -0.05) is 42.5 Å². The first-order valence-electron chi connectivity index (χ1n) is 11.3. The van der Waals surface area contributed by atoms with Crippen LogP contribution in [-0.4, -0.2) is 71.6 Å². The van der Waals surface area contributed by atoms with E-state index in [1.165, 1.54) is 5.56 Å². The Balaban J connectivity index is 1.25. The van der Waals surface area contributed by atoms with E-state index >= 15 is 0 Å². The van der Waals surface area contributed by atoms with Crippen LogP contribution in [0.3, 0.4) is 0 Å². The Labute approximate surface area is 178 Å². The van der Waals surface area contributed by atoms with E-state index in [4.69, 9.17) is 0 Å². The molecule has 0 spiro atoms. The summed E-state index contributed by atoms with van der Waals surface area (Å²) < 4.78 is 0. The quantitative estimate of drug-likeness (QED) is 0.750. The predicted octanol–water partition coefficient (Wildman–Crippen LogP) is 1.90. The smallest absolute Gasteiger partial charge is 0.239 e. The molecule has 0 bridgehead atoms. The molecule has 1 aromatic rings. The van der Waals surface area contributed by atoms with E-state index in [2.05, 4.69) is 34.5 Å². The molecule has 6 nitrogen and oxygen atoms in total. The Morgan fingerprint density at radius 3 is 2.67 bits per heavy atom. The zero-order valence-electron chi connectivity index (χ0n) is 17.6. The van der Waals surface area contributed by atoms with Crippen molar-refractivity contribution in [1.82, 2.24) is 15.1 Å². The number of hydrogen-bond acceptors (Lipinski definition) is 4. The van der Waals surface area contributed by atoms with E-state index in [0.29, 0.717) is 24.8 Å². The SMILES string of the molecule is O=C(CN1CCCCC1=O)N[C@H]1C[C@H]2CN(C/C=C/c3ccccc3)C[C@H]2C[C@@H]1O. The molecular weight excluding hydrogens is 378 g/mol. The van der Waals surface area contributed by atoms with E-state index < -0.39 is 6.10 Å². The summed E-state index contributed by atoms with van der Waals surface area (Å²) in [6.45, 7) is 3.70. The lowest BCUT2D eigenvalue weighted by atomic mass is 9.77. The van der Waals surface area contributed by atoms with Crippen LogP contribution in [-0.2, 0) is 9.59 Å². The summed E-state index contributed by atoms with van der Waals surface area (Å²) in [5.41, 5.74) is 1.21. The lowest BCUT2D eigenvalue weighted by Gasteiger charge is -2.36. The second-order valence-electron chi connectivity index (χ2n) is 9.04. The zero-order chi connectivity index (χ0) is 20.9. The van der Waals surface area contributed by atoms with Crippen LogP contribution in [0.1, 0.15) is 37.7 Å². The molecule has 2 amide bonds. The van der Waals surface area contributed by atoms with Crippen LogP contribution in [0.25, 0.3) is 6.08 Å². The second kappa shape index (κ2) is 9.75. The largest absolute Gasteiger partial charge is 0.391 e. The van der Waals surface area contributed by atoms with E-state index in [-0.39, 0.29) is 24.4 Å². The number of likely N-dealkylation sites (tertiary alicyclic amines) is 2. The topological polar surface area (TPSA) is 72.9 Å². The lowest BCUT2D eigenvalue weighted by Crippen LogP contribution is -2.52. The highest BCUT2D eigenvalue weighted by atomic mass is 16.3. The van der Waals surface area contributed by atoms with Gasteiger partial charge in [-0.2, -0.15) is 0 Å². The van der Waals surface area contributed by atoms with Crippen LogP contribution < -0.4 is 5.32 Å². The molecular formula is C24H33N3O3. The third kappa shape index (κ3) is 5.29. The molecule has 162 valence electrons. The number of amides is 2. The first-order chi connectivity index (χ1) is 14.6. The Bertz CT molecular complexity index is 766. The van der Waals surface area contributed by atoms with Gasteiger partial charge in [0.15, 0.2) is 0 Å². The minimum atomic E-state index is -0.507. The van der Waals surface area contributed by atoms with Crippen molar-refractivity contribution in [2.75, 3.05) is 32.7 Å². The first-order valence-corrected chi connectivity index (χ1v) is 11.3. The van der Waals surface area contributed by atoms with Crippen molar-refractivity contribution in [1.29, 1.82) is 0 Å². The standard InChI is InChI=1S/C24H33N3O3/c28-22-14-20-16-26(11-6-9-18-7-2-1-3-8-18)15-19(20)13-21(22)25-23(29)17-27-12-5-4-10-24(27)30/h1-3,6-9,19-22,28H,4-5,10-17H2,(H,25,29)/b9-6+/t19-,20+,21-,22-/m0/s1. The number of nitrogens with one attached hydrogen (secondary N) is 1. The molecule has 1 aromatic carbocycles. The molecule has 4 rings (SSSR count). The molecule has 1 aliphatic carbocycles. The van der Waals surface area contributed by atoms with Gasteiger partial charge in [0, 0.05) is 32.6 Å². The summed E-state index contributed by atoms with van der Waals surface area (Å²) in [5.74, 6) is 0.909. The summed E-state index contributed by atoms with van der Waals surface area (Å²) in [5, 5.41) is 13.6. The number of fused-ring (bicyclic) bond motifs is 1. The summed E-state index contributed by atoms with van der Waals surface area (Å²) in [7, 11) is 0. The number of aliphatic hydroxyl groups is 1. The van der Waals surface area contributed by atoms with Crippen molar-refractivity contribution in [3.05, 3.63) is 42.0 Å². The summed E-state index contributed by atoms with van der Waals surface area (Å²) in [4.78, 5) is 28.5. The Kier molecular flexibility index (Phi) is 6.85. The van der Waals surface area contributed by atoms with Crippen molar-refractivity contribution >= 4 is 17.9 Å². The second-order valence-corrected chi connectivity index (χ2v) is 9.04. The van der Waals surface area contributed by atoms with Gasteiger partial charge in [0.25, 0.3) is 0 Å². The number of rotatable bonds is 6. The molecule has 3 fully saturated rings. The molecule has 0 radical (unpaired) electrons. The van der Waals surface area contributed by atoms with Gasteiger partial charge in [0.2, 0.25) is 11.8 Å². The van der Waals surface area contributed by atoms with Gasteiger partial charge in [0.05, 0.1) is 18.7 Å². The molecule has 2 saturated heterocycles. The van der Waals surface area contributed by atoms with Crippen LogP contribution in [0.15, 0.2) is 36.4 Å². The molecule has 2 N–H and O–H groups in total. The average molecular weight is 412 g/mol. The van der Waals surface area contributed by atoms with E-state index in [1.807, 2.05) is 18.2 Å². The fourth-order valence-corrected chi connectivity index (χ4v) is 5.19. The molecule has 2 heterocycles. The van der Waals surface area contributed by atoms with Crippen molar-refractivity contribution in [3.8, 4) is 0 Å². The van der Waals surface area contributed by atoms with Gasteiger partial charge in [-0.15, -0.1) is 0 Å². The molecule has 0 aromatic heterocycles. The molecule has 6 heteroatoms. The van der Waals surface area contributed by atoms with Crippen LogP contribution >= 0.6 is 0 Å². The van der Waals surface area contributed by atoms with Crippen LogP contribution in [0.2, 0.25) is 0 Å². The number of carbonyl (C=O) groups is 2. The number of hydrogen-bond donors (Lipinski definition) is 2. The van der Waals surface area contributed by atoms with Crippen molar-refractivity contribution in [3.63, 3.8) is 0 Å². The highest BCUT2D eigenvalue weighted by Crippen LogP contribution is 2.36. The van der Waals surface area contributed by atoms with Crippen LogP contribution in [0, 0.1) is 11.8 Å². The number of aliphatic hydroxyl groups excluding tert-OH is 1. The summed E-state index contributed by atoms with van der Waals surface area (Å²) >= 11 is 0. The minimum Gasteiger partial charge on any atom is -0.391 e. The van der Waals surface area contributed by atoms with Gasteiger partial charge in [-0.05, 0) is 43.1 Å². The lowest BCUT2D eigenvalue weighted by molar-refractivity contribution is -0.138. The molecule has 1 saturated carbocycles. The van der Waals surface area contributed by atoms with E-state index in [0.717, 1.165) is 45.3 Å². The maximum atomic E-state index is 12.5. The Morgan fingerprint density at radius 2 is 1.90 bits per heavy atom. The van der Waals surface area contributed by atoms with Gasteiger partial charge in [-0.25, -0.2) is 0 Å². The minimum absolute atomic E-state index is 0.0654. The predicted molar refractivity (Wildman–Crippen MR) is 116 cm³/mol. The van der Waals surface area contributed by atoms with Gasteiger partial charge >= 0.3 is 0 Å². The maximum absolute atomic E-state index is 12.5. The molecule has 30 heavy (non-hydrogen) atoms. The first kappa shape index (κ1) is 21.1. The fraction of sp³-hybridized carbons (Fsp3) is 0.583. The number of nitrogens with zero attached hydrogens (tertiary/aromatic N) is 2. The maximum Gasteiger partial charge on any atom is 0.239 e. The van der Waals surface area contributed by atoms with Gasteiger partial charge in [-0.3, -0.25) is 14.5 Å². The molecule has 3 aliphatic rings. The highest BCUT2D eigenvalue weighted by molar-refractivity contribution is 5.85. The van der Waals surface area contributed by atoms with Crippen molar-refractivity contribution in [2.45, 2.75) is 44.2 Å². The number of carbonyl (C=O) groups excluding carboxylic acids is 2. The zero-order valence-corrected chi connectivity index (χ0v) is 17.6. The third-order valence-electron chi connectivity index (χ3n) is 6.79.